The van der Waals surface area contributed by atoms with Gasteiger partial charge < -0.3 is 35.9 Å². The molecule has 0 radical (unpaired) electrons. The summed E-state index contributed by atoms with van der Waals surface area (Å²) < 4.78 is 3.35. The van der Waals surface area contributed by atoms with Crippen molar-refractivity contribution in [3.8, 4) is 0 Å². The molecule has 0 aliphatic carbocycles. The summed E-state index contributed by atoms with van der Waals surface area (Å²) in [6, 6.07) is 14.0. The number of anilines is 4. The van der Waals surface area contributed by atoms with E-state index in [2.05, 4.69) is 39.8 Å². The number of carbonyl (C=O) groups excluding carboxylic acids is 3. The van der Waals surface area contributed by atoms with Gasteiger partial charge in [-0.3, -0.25) is 19.2 Å². The predicted molar refractivity (Wildman–Crippen MR) is 233 cm³/mol. The molecule has 2 heterocycles. The van der Waals surface area contributed by atoms with Gasteiger partial charge in [-0.1, -0.05) is 50.1 Å². The normalized spacial score (nSPS) is 12.2. The average Bonchev–Trinajstić information content (AvgIpc) is 3.63. The fraction of sp³-hybridized carbons (Fsp3) is 0.421. The minimum atomic E-state index is -0.737. The van der Waals surface area contributed by atoms with Crippen molar-refractivity contribution in [1.29, 1.82) is 0 Å². The lowest BCUT2D eigenvalue weighted by atomic mass is 10.1. The molecule has 2 unspecified atom stereocenters. The molecule has 4 rings (SSSR count). The first-order valence-electron chi connectivity index (χ1n) is 17.3. The van der Waals surface area contributed by atoms with E-state index in [4.69, 9.17) is 33.2 Å². The van der Waals surface area contributed by atoms with Crippen LogP contribution in [0.4, 0.5) is 22.7 Å². The zero-order chi connectivity index (χ0) is 41.7. The number of hydrogen-bond acceptors (Lipinski definition) is 9. The van der Waals surface area contributed by atoms with Gasteiger partial charge in [0.05, 0.1) is 11.4 Å². The number of nitrogens with zero attached hydrogens (tertiary/aromatic N) is 4. The van der Waals surface area contributed by atoms with Gasteiger partial charge in [-0.05, 0) is 87.7 Å². The van der Waals surface area contributed by atoms with Crippen LogP contribution in [-0.2, 0) is 65.0 Å². The van der Waals surface area contributed by atoms with Crippen LogP contribution >= 0.6 is 0 Å². The Morgan fingerprint density at radius 3 is 1.36 bits per heavy atom. The van der Waals surface area contributed by atoms with Crippen LogP contribution in [0.1, 0.15) is 86.0 Å². The quantitative estimate of drug-likeness (QED) is 0.0988. The second-order valence-electron chi connectivity index (χ2n) is 14.1. The number of aromatic nitrogens is 4. The zero-order valence-corrected chi connectivity index (χ0v) is 36.4. The Hall–Kier alpha value is -4.32. The van der Waals surface area contributed by atoms with E-state index >= 15 is 0 Å². The fourth-order valence-corrected chi connectivity index (χ4v) is 5.84. The topological polar surface area (TPSA) is 186 Å². The number of imidazole rings is 2. The van der Waals surface area contributed by atoms with Crippen molar-refractivity contribution in [1.82, 2.24) is 19.1 Å². The molecular formula is C38H54N8O5S4. The van der Waals surface area contributed by atoms with Gasteiger partial charge in [-0.2, -0.15) is 0 Å². The number of carboxylic acid groups (broad SMARTS) is 1. The predicted octanol–water partition coefficient (Wildman–Crippen LogP) is 6.09. The molecule has 0 fully saturated rings. The van der Waals surface area contributed by atoms with Gasteiger partial charge in [-0.15, -0.1) is 18.9 Å². The van der Waals surface area contributed by atoms with Crippen LogP contribution in [0.5, 0.6) is 0 Å². The first kappa shape index (κ1) is 46.8. The fourth-order valence-electron chi connectivity index (χ4n) is 4.57. The number of nitrogen functional groups attached to an aromatic ring is 1. The Balaban J connectivity index is 0.000000318. The van der Waals surface area contributed by atoms with Crippen molar-refractivity contribution >= 4 is 87.7 Å². The highest BCUT2D eigenvalue weighted by atomic mass is 32.8. The third kappa shape index (κ3) is 16.1. The summed E-state index contributed by atoms with van der Waals surface area (Å²) in [5.41, 5.74) is 9.86. The van der Waals surface area contributed by atoms with E-state index < -0.39 is 5.97 Å². The van der Waals surface area contributed by atoms with Crippen LogP contribution in [0.25, 0.3) is 0 Å². The average molecular weight is 831 g/mol. The summed E-state index contributed by atoms with van der Waals surface area (Å²) >= 11 is 10.4. The molecule has 3 amide bonds. The molecule has 0 aliphatic heterocycles. The van der Waals surface area contributed by atoms with E-state index in [-0.39, 0.29) is 52.5 Å². The van der Waals surface area contributed by atoms with Gasteiger partial charge in [-0.25, -0.2) is 9.97 Å². The van der Waals surface area contributed by atoms with Crippen molar-refractivity contribution in [2.75, 3.05) is 34.2 Å². The minimum Gasteiger partial charge on any atom is -0.481 e. The van der Waals surface area contributed by atoms with Crippen molar-refractivity contribution in [2.45, 2.75) is 76.7 Å². The molecule has 2 atom stereocenters. The second kappa shape index (κ2) is 21.1. The summed E-state index contributed by atoms with van der Waals surface area (Å²) in [6.07, 6.45) is 9.66. The second-order valence-corrected chi connectivity index (χ2v) is 21.1. The molecule has 0 saturated carbocycles. The number of aliphatic carboxylic acids is 1. The lowest BCUT2D eigenvalue weighted by molar-refractivity contribution is -0.137. The number of nitrogens with two attached hydrogens (primary N) is 1. The minimum absolute atomic E-state index is 0.00623. The number of nitrogens with one attached hydrogen (secondary N) is 3. The molecular weight excluding hydrogens is 777 g/mol. The van der Waals surface area contributed by atoms with Crippen LogP contribution in [0, 0.1) is 13.8 Å². The van der Waals surface area contributed by atoms with Crippen LogP contribution in [0.2, 0.25) is 0 Å². The maximum atomic E-state index is 12.3. The smallest absolute Gasteiger partial charge is 0.303 e. The lowest BCUT2D eigenvalue weighted by Gasteiger charge is -2.23. The molecule has 0 saturated heterocycles. The summed E-state index contributed by atoms with van der Waals surface area (Å²) in [7, 11) is 3.29. The molecule has 0 aliphatic rings. The van der Waals surface area contributed by atoms with Crippen molar-refractivity contribution in [3.63, 3.8) is 0 Å². The highest BCUT2D eigenvalue weighted by Gasteiger charge is 2.21. The zero-order valence-electron chi connectivity index (χ0n) is 33.2. The molecule has 13 nitrogen and oxygen atoms in total. The summed E-state index contributed by atoms with van der Waals surface area (Å²) in [5, 5.41) is 16.9. The van der Waals surface area contributed by atoms with E-state index in [1.54, 1.807) is 84.2 Å². The molecule has 55 heavy (non-hydrogen) atoms. The molecule has 6 N–H and O–H groups in total. The van der Waals surface area contributed by atoms with E-state index in [0.29, 0.717) is 47.2 Å². The molecule has 0 spiro atoms. The number of aryl methyl sites for hydroxylation is 4. The number of rotatable bonds is 13. The largest absolute Gasteiger partial charge is 0.481 e. The van der Waals surface area contributed by atoms with Gasteiger partial charge in [0, 0.05) is 71.6 Å². The molecule has 0 bridgehead atoms. The van der Waals surface area contributed by atoms with Crippen LogP contribution in [0.3, 0.4) is 0 Å². The number of carbonyl (C=O) groups is 4. The molecule has 17 heteroatoms. The Kier molecular flexibility index (Phi) is 18.0. The summed E-state index contributed by atoms with van der Waals surface area (Å²) in [6.45, 7) is 11.9. The number of hydrogen-bond donors (Lipinski definition) is 5. The lowest BCUT2D eigenvalue weighted by Crippen LogP contribution is -2.27. The summed E-state index contributed by atoms with van der Waals surface area (Å²) in [5.74, 6) is -0.542. The van der Waals surface area contributed by atoms with Gasteiger partial charge in [0.2, 0.25) is 5.91 Å². The Morgan fingerprint density at radius 2 is 1.04 bits per heavy atom. The molecule has 2 aromatic heterocycles. The number of carboxylic acids is 1. The number of amides is 3. The maximum Gasteiger partial charge on any atom is 0.303 e. The van der Waals surface area contributed by atoms with Gasteiger partial charge in [0.25, 0.3) is 11.8 Å². The maximum absolute atomic E-state index is 12.3. The van der Waals surface area contributed by atoms with Crippen LogP contribution in [0.15, 0.2) is 60.9 Å². The van der Waals surface area contributed by atoms with Crippen molar-refractivity contribution in [3.05, 3.63) is 84.0 Å². The van der Waals surface area contributed by atoms with E-state index in [0.717, 1.165) is 17.8 Å². The van der Waals surface area contributed by atoms with Crippen molar-refractivity contribution < 1.29 is 24.3 Å². The first-order chi connectivity index (χ1) is 25.5. The van der Waals surface area contributed by atoms with Gasteiger partial charge in [0.15, 0.2) is 11.6 Å². The SMILES string of the molecule is CS(=S)C(C)(C)CCC(=O)O.Cc1cn(C)c(C(=O)Nc2ccc(N)cc2)n1.Cc1cn(C)c(C(=O)Nc2ccc(NC(=O)CCC(C)(C)S(C)=S)cc2)n1. The summed E-state index contributed by atoms with van der Waals surface area (Å²) in [4.78, 5) is 54.9. The standard InChI is InChI=1S/C19H26N4O2S2.C12H14N4O.C7H14O2S2/c1-13-12-23(4)17(20-13)18(25)22-15-8-6-14(7-9-15)21-16(24)10-11-19(2,3)27(5)26;1-8-7-16(2)11(14-8)12(17)15-10-5-3-9(13)4-6-10;1-7(2,11(3)10)5-4-6(8)9/h6-9,12H,10-11H2,1-5H3,(H,21,24)(H,22,25);3-7H,13H2,1-2H3,(H,15,17);4-5H2,1-3H3,(H,8,9). The monoisotopic (exact) mass is 830 g/mol. The molecule has 300 valence electrons. The Bertz CT molecular complexity index is 1990. The van der Waals surface area contributed by atoms with E-state index in [1.165, 1.54) is 0 Å². The Labute approximate surface area is 338 Å². The van der Waals surface area contributed by atoms with E-state index in [1.807, 2.05) is 40.2 Å². The van der Waals surface area contributed by atoms with Crippen LogP contribution < -0.4 is 21.7 Å². The Morgan fingerprint density at radius 1 is 0.691 bits per heavy atom. The van der Waals surface area contributed by atoms with Crippen LogP contribution in [-0.4, -0.2) is 69.9 Å². The third-order valence-electron chi connectivity index (χ3n) is 8.45. The highest BCUT2D eigenvalue weighted by Crippen LogP contribution is 2.21. The third-order valence-corrected chi connectivity index (χ3v) is 14.7. The highest BCUT2D eigenvalue weighted by molar-refractivity contribution is 8.29. The molecule has 4 aromatic rings. The van der Waals surface area contributed by atoms with E-state index in [9.17, 15) is 19.2 Å². The van der Waals surface area contributed by atoms with Crippen molar-refractivity contribution in [2.24, 2.45) is 14.1 Å². The number of benzene rings is 2. The first-order valence-corrected chi connectivity index (χ1v) is 22.4. The van der Waals surface area contributed by atoms with Gasteiger partial charge in [0.1, 0.15) is 0 Å². The van der Waals surface area contributed by atoms with Gasteiger partial charge >= 0.3 is 5.97 Å². The molecule has 2 aromatic carbocycles.